The Morgan fingerprint density at radius 1 is 0.952 bits per heavy atom. The lowest BCUT2D eigenvalue weighted by molar-refractivity contribution is -0.122. The van der Waals surface area contributed by atoms with Gasteiger partial charge in [-0.2, -0.15) is 0 Å². The second-order valence-corrected chi connectivity index (χ2v) is 5.63. The van der Waals surface area contributed by atoms with Crippen LogP contribution in [-0.4, -0.2) is 19.0 Å². The molecule has 1 fully saturated rings. The number of benzene rings is 2. The van der Waals surface area contributed by atoms with Gasteiger partial charge in [-0.25, -0.2) is 0 Å². The first-order chi connectivity index (χ1) is 10.3. The Labute approximate surface area is 125 Å². The van der Waals surface area contributed by atoms with E-state index in [0.29, 0.717) is 6.54 Å². The predicted octanol–water partition coefficient (Wildman–Crippen LogP) is 2.14. The second-order valence-electron chi connectivity index (χ2n) is 5.63. The normalized spacial score (nSPS) is 21.6. The summed E-state index contributed by atoms with van der Waals surface area (Å²) in [5.74, 6) is 0.0736. The van der Waals surface area contributed by atoms with Crippen LogP contribution in [-0.2, 0) is 4.79 Å². The van der Waals surface area contributed by atoms with Crippen LogP contribution < -0.4 is 11.1 Å². The monoisotopic (exact) mass is 280 g/mol. The number of rotatable bonds is 4. The molecule has 108 valence electrons. The number of nitrogens with one attached hydrogen (secondary N) is 1. The molecule has 1 aliphatic heterocycles. The van der Waals surface area contributed by atoms with Gasteiger partial charge in [-0.15, -0.1) is 0 Å². The first-order valence-corrected chi connectivity index (χ1v) is 7.37. The average Bonchev–Trinajstić information content (AvgIpc) is 2.99. The number of carbonyl (C=O) groups excluding carboxylic acids is 1. The van der Waals surface area contributed by atoms with Crippen molar-refractivity contribution in [1.82, 2.24) is 5.32 Å². The Balaban J connectivity index is 2.03. The summed E-state index contributed by atoms with van der Waals surface area (Å²) in [5.41, 5.74) is 8.08. The molecule has 0 spiro atoms. The number of primary amides is 1. The highest BCUT2D eigenvalue weighted by Crippen LogP contribution is 2.37. The summed E-state index contributed by atoms with van der Waals surface area (Å²) in [6.45, 7) is 1.50. The Morgan fingerprint density at radius 3 is 1.95 bits per heavy atom. The minimum absolute atomic E-state index is 0.115. The summed E-state index contributed by atoms with van der Waals surface area (Å²) < 4.78 is 0. The molecule has 3 rings (SSSR count). The van der Waals surface area contributed by atoms with Gasteiger partial charge in [-0.3, -0.25) is 4.79 Å². The van der Waals surface area contributed by atoms with E-state index >= 15 is 0 Å². The van der Waals surface area contributed by atoms with Gasteiger partial charge in [0.25, 0.3) is 0 Å². The van der Waals surface area contributed by atoms with Gasteiger partial charge in [0, 0.05) is 12.5 Å². The first kappa shape index (κ1) is 13.8. The molecule has 1 amide bonds. The smallest absolute Gasteiger partial charge is 0.222 e. The zero-order valence-electron chi connectivity index (χ0n) is 11.9. The number of nitrogens with two attached hydrogens (primary N) is 1. The molecule has 1 aliphatic rings. The maximum atomic E-state index is 11.8. The van der Waals surface area contributed by atoms with Crippen LogP contribution in [0.15, 0.2) is 60.7 Å². The molecule has 2 atom stereocenters. The van der Waals surface area contributed by atoms with Crippen LogP contribution in [0.2, 0.25) is 0 Å². The number of amides is 1. The maximum absolute atomic E-state index is 11.8. The Morgan fingerprint density at radius 2 is 1.48 bits per heavy atom. The molecule has 1 saturated heterocycles. The van der Waals surface area contributed by atoms with E-state index in [9.17, 15) is 4.79 Å². The molecule has 2 unspecified atom stereocenters. The highest BCUT2D eigenvalue weighted by atomic mass is 16.1. The van der Waals surface area contributed by atoms with Crippen LogP contribution in [0.4, 0.5) is 0 Å². The van der Waals surface area contributed by atoms with Crippen molar-refractivity contribution in [2.24, 2.45) is 17.6 Å². The summed E-state index contributed by atoms with van der Waals surface area (Å²) in [7, 11) is 0. The van der Waals surface area contributed by atoms with E-state index in [1.165, 1.54) is 11.1 Å². The van der Waals surface area contributed by atoms with Gasteiger partial charge >= 0.3 is 0 Å². The van der Waals surface area contributed by atoms with Gasteiger partial charge in [0.2, 0.25) is 5.91 Å². The summed E-state index contributed by atoms with van der Waals surface area (Å²) >= 11 is 0. The van der Waals surface area contributed by atoms with E-state index < -0.39 is 0 Å². The highest BCUT2D eigenvalue weighted by Gasteiger charge is 2.38. The van der Waals surface area contributed by atoms with Gasteiger partial charge in [-0.1, -0.05) is 60.7 Å². The Bertz CT molecular complexity index is 558. The third kappa shape index (κ3) is 2.83. The molecule has 2 aromatic rings. The van der Waals surface area contributed by atoms with Crippen molar-refractivity contribution in [3.63, 3.8) is 0 Å². The lowest BCUT2D eigenvalue weighted by atomic mass is 9.75. The Hall–Kier alpha value is -2.13. The van der Waals surface area contributed by atoms with E-state index in [1.54, 1.807) is 0 Å². The van der Waals surface area contributed by atoms with Crippen LogP contribution in [0, 0.1) is 11.8 Å². The summed E-state index contributed by atoms with van der Waals surface area (Å²) in [6.07, 6.45) is 0. The fraction of sp³-hybridized carbons (Fsp3) is 0.278. The van der Waals surface area contributed by atoms with Crippen molar-refractivity contribution in [2.75, 3.05) is 13.1 Å². The SMILES string of the molecule is NC(=O)C1CNCC1C(c1ccccc1)c1ccccc1. The van der Waals surface area contributed by atoms with Gasteiger partial charge in [0.15, 0.2) is 0 Å². The minimum Gasteiger partial charge on any atom is -0.369 e. The molecule has 3 nitrogen and oxygen atoms in total. The van der Waals surface area contributed by atoms with E-state index in [2.05, 4.69) is 29.6 Å². The average molecular weight is 280 g/mol. The zero-order valence-corrected chi connectivity index (χ0v) is 11.9. The van der Waals surface area contributed by atoms with Crippen LogP contribution in [0.3, 0.4) is 0 Å². The summed E-state index contributed by atoms with van der Waals surface area (Å²) in [4.78, 5) is 11.8. The van der Waals surface area contributed by atoms with Crippen molar-refractivity contribution in [1.29, 1.82) is 0 Å². The highest BCUT2D eigenvalue weighted by molar-refractivity contribution is 5.78. The second kappa shape index (κ2) is 6.10. The van der Waals surface area contributed by atoms with Crippen molar-refractivity contribution in [2.45, 2.75) is 5.92 Å². The first-order valence-electron chi connectivity index (χ1n) is 7.37. The largest absolute Gasteiger partial charge is 0.369 e. The number of carbonyl (C=O) groups is 1. The molecule has 0 saturated carbocycles. The number of hydrogen-bond donors (Lipinski definition) is 2. The molecule has 3 N–H and O–H groups in total. The Kier molecular flexibility index (Phi) is 4.02. The third-order valence-electron chi connectivity index (χ3n) is 4.37. The fourth-order valence-corrected chi connectivity index (χ4v) is 3.37. The molecule has 0 bridgehead atoms. The van der Waals surface area contributed by atoms with Crippen LogP contribution in [0.25, 0.3) is 0 Å². The molecule has 0 aromatic heterocycles. The van der Waals surface area contributed by atoms with Gasteiger partial charge < -0.3 is 11.1 Å². The topological polar surface area (TPSA) is 55.1 Å². The quantitative estimate of drug-likeness (QED) is 0.901. The number of hydrogen-bond acceptors (Lipinski definition) is 2. The molecule has 0 radical (unpaired) electrons. The predicted molar refractivity (Wildman–Crippen MR) is 83.8 cm³/mol. The van der Waals surface area contributed by atoms with Crippen molar-refractivity contribution >= 4 is 5.91 Å². The molecule has 0 aliphatic carbocycles. The van der Waals surface area contributed by atoms with Crippen molar-refractivity contribution < 1.29 is 4.79 Å². The molecular weight excluding hydrogens is 260 g/mol. The van der Waals surface area contributed by atoms with Gasteiger partial charge in [0.05, 0.1) is 5.92 Å². The minimum atomic E-state index is -0.207. The van der Waals surface area contributed by atoms with E-state index in [1.807, 2.05) is 36.4 Å². The molecular formula is C18H20N2O. The molecule has 2 aromatic carbocycles. The fourth-order valence-electron chi connectivity index (χ4n) is 3.37. The molecule has 3 heteroatoms. The van der Waals surface area contributed by atoms with Gasteiger partial charge in [-0.05, 0) is 23.6 Å². The van der Waals surface area contributed by atoms with Crippen molar-refractivity contribution in [3.05, 3.63) is 71.8 Å². The van der Waals surface area contributed by atoms with Crippen molar-refractivity contribution in [3.8, 4) is 0 Å². The van der Waals surface area contributed by atoms with E-state index in [4.69, 9.17) is 5.73 Å². The zero-order chi connectivity index (χ0) is 14.7. The van der Waals surface area contributed by atoms with E-state index in [-0.39, 0.29) is 23.7 Å². The molecule has 21 heavy (non-hydrogen) atoms. The van der Waals surface area contributed by atoms with E-state index in [0.717, 1.165) is 6.54 Å². The summed E-state index contributed by atoms with van der Waals surface area (Å²) in [6, 6.07) is 20.8. The standard InChI is InChI=1S/C18H20N2O/c19-18(21)16-12-20-11-15(16)17(13-7-3-1-4-8-13)14-9-5-2-6-10-14/h1-10,15-17,20H,11-12H2,(H2,19,21). The molecule has 1 heterocycles. The summed E-state index contributed by atoms with van der Waals surface area (Å²) in [5, 5.41) is 3.32. The van der Waals surface area contributed by atoms with Crippen LogP contribution in [0.5, 0.6) is 0 Å². The lowest BCUT2D eigenvalue weighted by Gasteiger charge is -2.27. The third-order valence-corrected chi connectivity index (χ3v) is 4.37. The van der Waals surface area contributed by atoms with Gasteiger partial charge in [0.1, 0.15) is 0 Å². The van der Waals surface area contributed by atoms with Crippen LogP contribution in [0.1, 0.15) is 17.0 Å². The maximum Gasteiger partial charge on any atom is 0.222 e. The lowest BCUT2D eigenvalue weighted by Crippen LogP contribution is -2.32. The van der Waals surface area contributed by atoms with Crippen LogP contribution >= 0.6 is 0 Å².